The summed E-state index contributed by atoms with van der Waals surface area (Å²) in [4.78, 5) is -0.810. The van der Waals surface area contributed by atoms with E-state index in [0.717, 1.165) is 50.7 Å². The van der Waals surface area contributed by atoms with Gasteiger partial charge < -0.3 is 24.2 Å². The molecular formula is C46H62CaO10S2. The Hall–Kier alpha value is -2.84. The van der Waals surface area contributed by atoms with Gasteiger partial charge >= 0.3 is 37.7 Å². The SMILES string of the molecule is CCCCCCCCCCCc1cc(S(=O)(=O)O)cc(O)c1Oc1ccccc1.CCCCCCCCCCCc1cc(S(=O)(=O)[O-])cc([O-])c1Oc1ccccc1.[Ca+2]. The van der Waals surface area contributed by atoms with E-state index in [1.54, 1.807) is 36.4 Å². The van der Waals surface area contributed by atoms with Gasteiger partial charge in [-0.3, -0.25) is 4.55 Å². The largest absolute Gasteiger partial charge is 2.00 e. The van der Waals surface area contributed by atoms with E-state index in [-0.39, 0.29) is 59.9 Å². The first kappa shape index (κ1) is 52.3. The standard InChI is InChI=1S/2C23H32O5S.Ca/c2*1-2-3-4-5-6-7-8-9-11-14-19-17-21(29(25,26)27)18-22(24)23(19)28-20-15-12-10-13-16-20;/h2*10,12-13,15-18,24H,2-9,11,14H2,1H3,(H,25,26,27);/q;;+2/p-2. The molecule has 0 aliphatic carbocycles. The Balaban J connectivity index is 0.000000400. The van der Waals surface area contributed by atoms with E-state index < -0.39 is 30.9 Å². The minimum absolute atomic E-state index is 0. The molecule has 0 heterocycles. The first-order chi connectivity index (χ1) is 27.8. The van der Waals surface area contributed by atoms with Crippen molar-refractivity contribution < 1.29 is 45.6 Å². The van der Waals surface area contributed by atoms with Gasteiger partial charge in [0.15, 0.2) is 11.5 Å². The minimum atomic E-state index is -4.69. The van der Waals surface area contributed by atoms with Crippen molar-refractivity contribution in [1.82, 2.24) is 0 Å². The second-order valence-electron chi connectivity index (χ2n) is 14.8. The first-order valence-electron chi connectivity index (χ1n) is 20.9. The molecule has 0 aliphatic rings. The van der Waals surface area contributed by atoms with Crippen molar-refractivity contribution in [1.29, 1.82) is 0 Å². The summed E-state index contributed by atoms with van der Waals surface area (Å²) in [7, 11) is -9.10. The Labute approximate surface area is 383 Å². The molecule has 0 aromatic heterocycles. The van der Waals surface area contributed by atoms with E-state index in [0.29, 0.717) is 35.5 Å². The van der Waals surface area contributed by atoms with Crippen LogP contribution in [0.5, 0.6) is 34.5 Å². The van der Waals surface area contributed by atoms with E-state index in [4.69, 9.17) is 9.47 Å². The Morgan fingerprint density at radius 2 is 0.898 bits per heavy atom. The van der Waals surface area contributed by atoms with E-state index in [9.17, 15) is 36.2 Å². The van der Waals surface area contributed by atoms with Crippen molar-refractivity contribution >= 4 is 58.0 Å². The van der Waals surface area contributed by atoms with Crippen LogP contribution in [0.4, 0.5) is 0 Å². The number of hydrogen-bond donors (Lipinski definition) is 2. The summed E-state index contributed by atoms with van der Waals surface area (Å²) in [5.41, 5.74) is 1.04. The van der Waals surface area contributed by atoms with E-state index in [1.165, 1.54) is 89.2 Å². The van der Waals surface area contributed by atoms with Crippen LogP contribution in [-0.2, 0) is 33.1 Å². The fourth-order valence-corrected chi connectivity index (χ4v) is 7.73. The quantitative estimate of drug-likeness (QED) is 0.0351. The molecule has 4 aromatic rings. The van der Waals surface area contributed by atoms with Crippen molar-refractivity contribution in [2.75, 3.05) is 0 Å². The van der Waals surface area contributed by atoms with Gasteiger partial charge in [0, 0.05) is 11.6 Å². The van der Waals surface area contributed by atoms with Crippen LogP contribution in [0.25, 0.3) is 0 Å². The van der Waals surface area contributed by atoms with Crippen LogP contribution in [0, 0.1) is 0 Å². The van der Waals surface area contributed by atoms with Crippen LogP contribution in [0.2, 0.25) is 0 Å². The summed E-state index contributed by atoms with van der Waals surface area (Å²) >= 11 is 0. The van der Waals surface area contributed by atoms with Gasteiger partial charge in [-0.2, -0.15) is 8.42 Å². The molecule has 4 aromatic carbocycles. The van der Waals surface area contributed by atoms with E-state index >= 15 is 0 Å². The van der Waals surface area contributed by atoms with Gasteiger partial charge in [0.2, 0.25) is 0 Å². The third-order valence-corrected chi connectivity index (χ3v) is 11.5. The summed E-state index contributed by atoms with van der Waals surface area (Å²) < 4.78 is 78.2. The van der Waals surface area contributed by atoms with Gasteiger partial charge in [0.1, 0.15) is 27.4 Å². The molecule has 0 aliphatic heterocycles. The van der Waals surface area contributed by atoms with Crippen LogP contribution in [0.3, 0.4) is 0 Å². The molecule has 0 amide bonds. The van der Waals surface area contributed by atoms with Crippen molar-refractivity contribution in [3.05, 3.63) is 96.1 Å². The van der Waals surface area contributed by atoms with E-state index in [1.807, 2.05) is 24.3 Å². The Morgan fingerprint density at radius 3 is 1.31 bits per heavy atom. The molecule has 0 fully saturated rings. The number of phenols is 1. The second-order valence-corrected chi connectivity index (χ2v) is 17.6. The topological polar surface area (TPSA) is 173 Å². The third-order valence-electron chi connectivity index (χ3n) is 9.84. The van der Waals surface area contributed by atoms with Crippen molar-refractivity contribution in [3.8, 4) is 34.5 Å². The fraction of sp³-hybridized carbons (Fsp3) is 0.478. The van der Waals surface area contributed by atoms with Crippen LogP contribution < -0.4 is 14.6 Å². The number of ether oxygens (including phenoxy) is 2. The summed E-state index contributed by atoms with van der Waals surface area (Å²) in [6.45, 7) is 4.42. The number of aromatic hydroxyl groups is 1. The van der Waals surface area contributed by atoms with Gasteiger partial charge in [-0.15, -0.1) is 0 Å². The number of hydrogen-bond acceptors (Lipinski definition) is 9. The normalized spacial score (nSPS) is 11.3. The zero-order chi connectivity index (χ0) is 42.2. The van der Waals surface area contributed by atoms with Crippen molar-refractivity contribution in [2.24, 2.45) is 0 Å². The first-order valence-corrected chi connectivity index (χ1v) is 23.8. The predicted molar refractivity (Wildman–Crippen MR) is 232 cm³/mol. The predicted octanol–water partition coefficient (Wildman–Crippen LogP) is 11.7. The summed E-state index contributed by atoms with van der Waals surface area (Å²) in [6.07, 6.45) is 22.1. The Morgan fingerprint density at radius 1 is 0.525 bits per heavy atom. The Bertz CT molecular complexity index is 1850. The van der Waals surface area contributed by atoms with Gasteiger partial charge in [0.25, 0.3) is 10.1 Å². The monoisotopic (exact) mass is 878 g/mol. The third kappa shape index (κ3) is 20.5. The average molecular weight is 879 g/mol. The van der Waals surface area contributed by atoms with Gasteiger partial charge in [-0.05, 0) is 73.7 Å². The maximum Gasteiger partial charge on any atom is 2.00 e. The van der Waals surface area contributed by atoms with Gasteiger partial charge in [-0.1, -0.05) is 159 Å². The fourth-order valence-electron chi connectivity index (χ4n) is 6.64. The maximum atomic E-state index is 12.4. The number of para-hydroxylation sites is 2. The van der Waals surface area contributed by atoms with E-state index in [2.05, 4.69) is 13.8 Å². The molecule has 59 heavy (non-hydrogen) atoms. The summed E-state index contributed by atoms with van der Waals surface area (Å²) in [5, 5.41) is 22.8. The number of phenolic OH excluding ortho intramolecular Hbond substituents is 1. The van der Waals surface area contributed by atoms with Crippen LogP contribution in [0.15, 0.2) is 94.7 Å². The average Bonchev–Trinajstić information content (AvgIpc) is 3.19. The smallest absolute Gasteiger partial charge is 0.870 e. The molecular weight excluding hydrogens is 817 g/mol. The second kappa shape index (κ2) is 28.6. The Kier molecular flexibility index (Phi) is 25.4. The zero-order valence-electron chi connectivity index (χ0n) is 34.9. The van der Waals surface area contributed by atoms with Crippen LogP contribution >= 0.6 is 0 Å². The molecule has 0 unspecified atom stereocenters. The number of aryl methyl sites for hydroxylation is 2. The van der Waals surface area contributed by atoms with Crippen molar-refractivity contribution in [3.63, 3.8) is 0 Å². The number of rotatable bonds is 26. The van der Waals surface area contributed by atoms with Crippen LogP contribution in [0.1, 0.15) is 141 Å². The van der Waals surface area contributed by atoms with Crippen LogP contribution in [-0.4, -0.2) is 68.8 Å². The molecule has 0 saturated heterocycles. The maximum absolute atomic E-state index is 12.4. The number of unbranched alkanes of at least 4 members (excludes halogenated alkanes) is 16. The summed E-state index contributed by atoms with van der Waals surface area (Å²) in [5.74, 6) is 0.504. The molecule has 13 heteroatoms. The molecule has 0 atom stereocenters. The van der Waals surface area contributed by atoms with Gasteiger partial charge in [-0.25, -0.2) is 8.42 Å². The molecule has 0 saturated carbocycles. The molecule has 0 radical (unpaired) electrons. The number of benzene rings is 4. The minimum Gasteiger partial charge on any atom is -0.870 e. The molecule has 2 N–H and O–H groups in total. The zero-order valence-corrected chi connectivity index (χ0v) is 38.8. The van der Waals surface area contributed by atoms with Gasteiger partial charge in [0.05, 0.1) is 9.79 Å². The molecule has 0 bridgehead atoms. The summed E-state index contributed by atoms with van der Waals surface area (Å²) in [6, 6.07) is 22.4. The molecule has 320 valence electrons. The molecule has 4 rings (SSSR count). The van der Waals surface area contributed by atoms with Crippen molar-refractivity contribution in [2.45, 2.75) is 152 Å². The molecule has 10 nitrogen and oxygen atoms in total. The molecule has 0 spiro atoms.